The van der Waals surface area contributed by atoms with Gasteiger partial charge in [0, 0.05) is 12.2 Å². The first-order valence-corrected chi connectivity index (χ1v) is 8.68. The highest BCUT2D eigenvalue weighted by molar-refractivity contribution is 5.91. The second-order valence-electron chi connectivity index (χ2n) is 5.88. The highest BCUT2D eigenvalue weighted by Gasteiger charge is 2.36. The van der Waals surface area contributed by atoms with Crippen LogP contribution in [0.4, 0.5) is 0 Å². The number of nitrogens with zero attached hydrogens (tertiary/aromatic N) is 2. The van der Waals surface area contributed by atoms with Gasteiger partial charge in [0.25, 0.3) is 0 Å². The quantitative estimate of drug-likeness (QED) is 0.433. The SMILES string of the molecule is CCCC[N+](CCCC)(CCCC)OC(=O)C1=CC=CC=[N+]1. The van der Waals surface area contributed by atoms with Crippen molar-refractivity contribution in [1.82, 2.24) is 4.99 Å². The molecule has 0 spiro atoms. The first-order valence-electron chi connectivity index (χ1n) is 8.68. The molecule has 1 aliphatic rings. The average molecular weight is 307 g/mol. The molecule has 4 nitrogen and oxygen atoms in total. The summed E-state index contributed by atoms with van der Waals surface area (Å²) in [5.74, 6) is -0.302. The van der Waals surface area contributed by atoms with E-state index in [1.54, 1.807) is 12.3 Å². The largest absolute Gasteiger partial charge is 0.467 e. The monoisotopic (exact) mass is 307 g/mol. The Bertz CT molecular complexity index is 403. The summed E-state index contributed by atoms with van der Waals surface area (Å²) in [6, 6.07) is 0. The van der Waals surface area contributed by atoms with Crippen molar-refractivity contribution in [3.05, 3.63) is 23.9 Å². The fraction of sp³-hybridized carbons (Fsp3) is 0.667. The zero-order valence-electron chi connectivity index (χ0n) is 14.4. The topological polar surface area (TPSA) is 40.4 Å². The molecular weight excluding hydrogens is 276 g/mol. The molecule has 1 heterocycles. The van der Waals surface area contributed by atoms with E-state index < -0.39 is 0 Å². The Hall–Kier alpha value is -1.42. The second kappa shape index (κ2) is 10.3. The number of hydrogen-bond donors (Lipinski definition) is 0. The summed E-state index contributed by atoms with van der Waals surface area (Å²) in [5, 5.41) is 0. The molecule has 0 bridgehead atoms. The maximum absolute atomic E-state index is 12.4. The van der Waals surface area contributed by atoms with Crippen LogP contribution in [-0.4, -0.2) is 36.5 Å². The molecule has 1 rings (SSSR count). The summed E-state index contributed by atoms with van der Waals surface area (Å²) in [5.41, 5.74) is 0.398. The number of hydrogen-bond acceptors (Lipinski definition) is 3. The first-order chi connectivity index (χ1) is 10.7. The Labute approximate surface area is 135 Å². The fourth-order valence-electron chi connectivity index (χ4n) is 2.52. The lowest BCUT2D eigenvalue weighted by molar-refractivity contribution is -1.09. The summed E-state index contributed by atoms with van der Waals surface area (Å²) >= 11 is 0. The van der Waals surface area contributed by atoms with Crippen molar-refractivity contribution in [2.75, 3.05) is 19.6 Å². The summed E-state index contributed by atoms with van der Waals surface area (Å²) in [7, 11) is 0. The lowest BCUT2D eigenvalue weighted by Gasteiger charge is -2.34. The highest BCUT2D eigenvalue weighted by Crippen LogP contribution is 2.17. The van der Waals surface area contributed by atoms with Crippen molar-refractivity contribution in [2.45, 2.75) is 59.3 Å². The molecular formula is C18H31N2O2+2. The fourth-order valence-corrected chi connectivity index (χ4v) is 2.52. The van der Waals surface area contributed by atoms with Crippen LogP contribution in [0.3, 0.4) is 0 Å². The molecule has 0 aromatic rings. The standard InChI is InChI=1S/C18H31N2O2/c1-4-7-14-20(15-8-5-2,16-9-6-3)22-18(21)17-12-10-11-13-19-17/h10-13H,4-9,14-16H2,1-3H3/q+2. The molecule has 1 aliphatic heterocycles. The van der Waals surface area contributed by atoms with Gasteiger partial charge >= 0.3 is 11.7 Å². The predicted molar refractivity (Wildman–Crippen MR) is 91.1 cm³/mol. The molecule has 0 amide bonds. The minimum absolute atomic E-state index is 0.302. The smallest absolute Gasteiger partial charge is 0.264 e. The van der Waals surface area contributed by atoms with Crippen molar-refractivity contribution in [1.29, 1.82) is 0 Å². The minimum Gasteiger partial charge on any atom is -0.264 e. The third kappa shape index (κ3) is 6.14. The van der Waals surface area contributed by atoms with E-state index in [-0.39, 0.29) is 5.97 Å². The molecule has 1 radical (unpaired) electrons. The van der Waals surface area contributed by atoms with Gasteiger partial charge in [-0.15, -0.1) is 4.65 Å². The lowest BCUT2D eigenvalue weighted by atomic mass is 10.2. The van der Waals surface area contributed by atoms with Gasteiger partial charge in [0.05, 0.1) is 4.99 Å². The van der Waals surface area contributed by atoms with E-state index >= 15 is 0 Å². The van der Waals surface area contributed by atoms with Gasteiger partial charge in [-0.25, -0.2) is 4.79 Å². The van der Waals surface area contributed by atoms with Gasteiger partial charge in [0.2, 0.25) is 6.21 Å². The number of aliphatic imine (C=N–C) groups is 1. The Kier molecular flexibility index (Phi) is 8.75. The molecule has 4 heteroatoms. The zero-order chi connectivity index (χ0) is 16.3. The summed E-state index contributed by atoms with van der Waals surface area (Å²) in [6.45, 7) is 9.22. The molecule has 0 atom stereocenters. The van der Waals surface area contributed by atoms with Crippen molar-refractivity contribution in [3.8, 4) is 0 Å². The molecule has 0 saturated carbocycles. The summed E-state index contributed by atoms with van der Waals surface area (Å²) < 4.78 is 0.449. The van der Waals surface area contributed by atoms with Gasteiger partial charge in [-0.1, -0.05) is 40.0 Å². The van der Waals surface area contributed by atoms with Gasteiger partial charge in [-0.05, 0) is 25.3 Å². The van der Waals surface area contributed by atoms with E-state index in [0.717, 1.165) is 58.2 Å². The normalized spacial score (nSPS) is 14.0. The van der Waals surface area contributed by atoms with Gasteiger partial charge in [-0.2, -0.15) is 0 Å². The maximum Gasteiger partial charge on any atom is 0.467 e. The number of hydroxylamine groups is 3. The van der Waals surface area contributed by atoms with Crippen LogP contribution in [0.1, 0.15) is 59.3 Å². The zero-order valence-corrected chi connectivity index (χ0v) is 14.4. The van der Waals surface area contributed by atoms with Crippen LogP contribution in [0.15, 0.2) is 23.9 Å². The third-order valence-electron chi connectivity index (χ3n) is 3.91. The molecule has 0 N–H and O–H groups in total. The second-order valence-corrected chi connectivity index (χ2v) is 5.88. The van der Waals surface area contributed by atoms with E-state index in [9.17, 15) is 4.79 Å². The number of carbonyl (C=O) groups excluding carboxylic acids is 1. The summed E-state index contributed by atoms with van der Waals surface area (Å²) in [6.07, 6.45) is 13.5. The van der Waals surface area contributed by atoms with E-state index in [2.05, 4.69) is 25.8 Å². The Morgan fingerprint density at radius 1 is 1.00 bits per heavy atom. The van der Waals surface area contributed by atoms with Crippen LogP contribution in [-0.2, 0) is 9.63 Å². The molecule has 0 aromatic carbocycles. The third-order valence-corrected chi connectivity index (χ3v) is 3.91. The molecule has 0 fully saturated rings. The van der Waals surface area contributed by atoms with Crippen molar-refractivity contribution < 1.29 is 14.3 Å². The molecule has 22 heavy (non-hydrogen) atoms. The van der Waals surface area contributed by atoms with Crippen LogP contribution < -0.4 is 4.99 Å². The number of carbonyl (C=O) groups is 1. The van der Waals surface area contributed by atoms with Crippen LogP contribution >= 0.6 is 0 Å². The molecule has 0 aromatic heterocycles. The highest BCUT2D eigenvalue weighted by atomic mass is 16.7. The van der Waals surface area contributed by atoms with Gasteiger partial charge < -0.3 is 0 Å². The number of rotatable bonds is 11. The van der Waals surface area contributed by atoms with E-state index in [0.29, 0.717) is 10.3 Å². The number of allylic oxidation sites excluding steroid dienone is 3. The molecule has 0 saturated heterocycles. The van der Waals surface area contributed by atoms with Crippen LogP contribution in [0.25, 0.3) is 0 Å². The van der Waals surface area contributed by atoms with Gasteiger partial charge in [0.15, 0.2) is 0 Å². The Morgan fingerprint density at radius 2 is 1.55 bits per heavy atom. The summed E-state index contributed by atoms with van der Waals surface area (Å²) in [4.78, 5) is 22.5. The Morgan fingerprint density at radius 3 is 1.95 bits per heavy atom. The van der Waals surface area contributed by atoms with Crippen LogP contribution in [0.5, 0.6) is 0 Å². The van der Waals surface area contributed by atoms with Crippen LogP contribution in [0, 0.1) is 0 Å². The van der Waals surface area contributed by atoms with Gasteiger partial charge in [0.1, 0.15) is 19.6 Å². The first kappa shape index (κ1) is 18.6. The average Bonchev–Trinajstić information content (AvgIpc) is 2.56. The maximum atomic E-state index is 12.4. The number of unbranched alkanes of at least 4 members (excludes halogenated alkanes) is 3. The lowest BCUT2D eigenvalue weighted by Crippen LogP contribution is -2.51. The van der Waals surface area contributed by atoms with E-state index in [1.807, 2.05) is 12.2 Å². The van der Waals surface area contributed by atoms with Crippen molar-refractivity contribution in [2.24, 2.45) is 0 Å². The minimum atomic E-state index is -0.302. The predicted octanol–water partition coefficient (Wildman–Crippen LogP) is 3.52. The Balaban J connectivity index is 2.84. The molecule has 0 unspecified atom stereocenters. The molecule has 123 valence electrons. The van der Waals surface area contributed by atoms with Crippen LogP contribution in [0.2, 0.25) is 0 Å². The van der Waals surface area contributed by atoms with E-state index in [4.69, 9.17) is 4.84 Å². The van der Waals surface area contributed by atoms with E-state index in [1.165, 1.54) is 0 Å². The van der Waals surface area contributed by atoms with Gasteiger partial charge in [-0.3, -0.25) is 4.84 Å². The van der Waals surface area contributed by atoms with Crippen molar-refractivity contribution >= 4 is 12.2 Å². The molecule has 0 aliphatic carbocycles. The number of quaternary nitrogens is 1. The van der Waals surface area contributed by atoms with Crippen molar-refractivity contribution in [3.63, 3.8) is 0 Å².